The van der Waals surface area contributed by atoms with Gasteiger partial charge in [0.2, 0.25) is 19.2 Å². The molecule has 1 unspecified atom stereocenters. The molecule has 0 amide bonds. The van der Waals surface area contributed by atoms with Crippen molar-refractivity contribution in [3.8, 4) is 0 Å². The number of aromatic carboxylic acids is 1. The SMILES string of the molecule is CCC(C)S(=O)(=O)c1nnc(C(=O)O)s1. The van der Waals surface area contributed by atoms with Gasteiger partial charge in [0.1, 0.15) is 0 Å². The van der Waals surface area contributed by atoms with E-state index in [1.54, 1.807) is 13.8 Å². The normalized spacial score (nSPS) is 13.7. The molecule has 15 heavy (non-hydrogen) atoms. The molecule has 6 nitrogen and oxygen atoms in total. The third-order valence-corrected chi connectivity index (χ3v) is 5.55. The third kappa shape index (κ3) is 2.32. The molecule has 0 aliphatic heterocycles. The van der Waals surface area contributed by atoms with Crippen molar-refractivity contribution in [1.29, 1.82) is 0 Å². The lowest BCUT2D eigenvalue weighted by Crippen LogP contribution is -2.16. The predicted octanol–water partition coefficient (Wildman–Crippen LogP) is 0.808. The smallest absolute Gasteiger partial charge is 0.367 e. The van der Waals surface area contributed by atoms with Crippen molar-refractivity contribution in [3.63, 3.8) is 0 Å². The van der Waals surface area contributed by atoms with Crippen molar-refractivity contribution in [3.05, 3.63) is 5.01 Å². The standard InChI is InChI=1S/C7H10N2O4S2/c1-3-4(2)15(12,13)7-9-8-5(14-7)6(10)11/h4H,3H2,1-2H3,(H,10,11). The lowest BCUT2D eigenvalue weighted by atomic mass is 10.4. The second-order valence-corrected chi connectivity index (χ2v) is 6.46. The van der Waals surface area contributed by atoms with Gasteiger partial charge >= 0.3 is 5.97 Å². The Hall–Kier alpha value is -1.02. The lowest BCUT2D eigenvalue weighted by Gasteiger charge is -2.05. The van der Waals surface area contributed by atoms with E-state index in [-0.39, 0.29) is 9.35 Å². The highest BCUT2D eigenvalue weighted by atomic mass is 32.2. The van der Waals surface area contributed by atoms with E-state index in [1.807, 2.05) is 0 Å². The van der Waals surface area contributed by atoms with Gasteiger partial charge in [-0.1, -0.05) is 18.3 Å². The fourth-order valence-corrected chi connectivity index (χ4v) is 3.35. The fourth-order valence-electron chi connectivity index (χ4n) is 0.803. The molecule has 1 aromatic rings. The topological polar surface area (TPSA) is 97.2 Å². The molecule has 0 aliphatic carbocycles. The number of hydrogen-bond acceptors (Lipinski definition) is 6. The van der Waals surface area contributed by atoms with Crippen LogP contribution in [0.1, 0.15) is 30.1 Å². The maximum absolute atomic E-state index is 11.7. The molecule has 1 heterocycles. The van der Waals surface area contributed by atoms with Crippen LogP contribution in [0.15, 0.2) is 4.34 Å². The summed E-state index contributed by atoms with van der Waals surface area (Å²) in [6.45, 7) is 3.29. The molecular weight excluding hydrogens is 240 g/mol. The largest absolute Gasteiger partial charge is 0.476 e. The Morgan fingerprint density at radius 1 is 1.53 bits per heavy atom. The average molecular weight is 250 g/mol. The molecule has 1 N–H and O–H groups in total. The van der Waals surface area contributed by atoms with Crippen LogP contribution in [-0.2, 0) is 9.84 Å². The number of carbonyl (C=O) groups is 1. The van der Waals surface area contributed by atoms with Gasteiger partial charge in [-0.2, -0.15) is 0 Å². The van der Waals surface area contributed by atoms with Gasteiger partial charge < -0.3 is 5.11 Å². The van der Waals surface area contributed by atoms with Crippen LogP contribution in [0.5, 0.6) is 0 Å². The van der Waals surface area contributed by atoms with Crippen LogP contribution in [0, 0.1) is 0 Å². The highest BCUT2D eigenvalue weighted by Crippen LogP contribution is 2.21. The number of carboxylic acid groups (broad SMARTS) is 1. The molecule has 0 bridgehead atoms. The van der Waals surface area contributed by atoms with Crippen molar-refractivity contribution in [2.24, 2.45) is 0 Å². The summed E-state index contributed by atoms with van der Waals surface area (Å²) in [7, 11) is -3.52. The molecule has 0 fully saturated rings. The fraction of sp³-hybridized carbons (Fsp3) is 0.571. The van der Waals surface area contributed by atoms with E-state index >= 15 is 0 Å². The van der Waals surface area contributed by atoms with E-state index in [0.29, 0.717) is 17.8 Å². The first-order valence-electron chi connectivity index (χ1n) is 4.20. The van der Waals surface area contributed by atoms with Gasteiger partial charge in [0.25, 0.3) is 0 Å². The van der Waals surface area contributed by atoms with E-state index in [2.05, 4.69) is 10.2 Å². The first-order valence-corrected chi connectivity index (χ1v) is 6.56. The summed E-state index contributed by atoms with van der Waals surface area (Å²) in [5, 5.41) is 14.4. The maximum Gasteiger partial charge on any atom is 0.367 e. The molecule has 1 rings (SSSR count). The number of hydrogen-bond donors (Lipinski definition) is 1. The van der Waals surface area contributed by atoms with Gasteiger partial charge in [-0.15, -0.1) is 10.2 Å². The van der Waals surface area contributed by atoms with Crippen molar-refractivity contribution in [2.45, 2.75) is 29.9 Å². The van der Waals surface area contributed by atoms with E-state index in [4.69, 9.17) is 5.11 Å². The lowest BCUT2D eigenvalue weighted by molar-refractivity contribution is 0.0695. The predicted molar refractivity (Wildman–Crippen MR) is 53.8 cm³/mol. The molecule has 0 radical (unpaired) electrons. The molecule has 0 saturated heterocycles. The van der Waals surface area contributed by atoms with Crippen LogP contribution in [0.4, 0.5) is 0 Å². The quantitative estimate of drug-likeness (QED) is 0.849. The molecule has 0 saturated carbocycles. The molecule has 84 valence electrons. The summed E-state index contributed by atoms with van der Waals surface area (Å²) >= 11 is 0.582. The zero-order chi connectivity index (χ0) is 11.6. The van der Waals surface area contributed by atoms with E-state index in [0.717, 1.165) is 0 Å². The van der Waals surface area contributed by atoms with Crippen LogP contribution < -0.4 is 0 Å². The molecule has 0 spiro atoms. The minimum Gasteiger partial charge on any atom is -0.476 e. The van der Waals surface area contributed by atoms with Crippen molar-refractivity contribution in [1.82, 2.24) is 10.2 Å². The molecule has 1 aromatic heterocycles. The van der Waals surface area contributed by atoms with Crippen LogP contribution in [0.25, 0.3) is 0 Å². The number of carboxylic acids is 1. The van der Waals surface area contributed by atoms with Crippen LogP contribution in [-0.4, -0.2) is 34.9 Å². The van der Waals surface area contributed by atoms with Crippen molar-refractivity contribution < 1.29 is 18.3 Å². The summed E-state index contributed by atoms with van der Waals surface area (Å²) in [5.74, 6) is -1.27. The van der Waals surface area contributed by atoms with E-state index in [9.17, 15) is 13.2 Å². The summed E-state index contributed by atoms with van der Waals surface area (Å²) in [5.41, 5.74) is 0. The van der Waals surface area contributed by atoms with Crippen LogP contribution in [0.3, 0.4) is 0 Å². The Morgan fingerprint density at radius 2 is 2.13 bits per heavy atom. The Bertz CT molecular complexity index is 465. The Kier molecular flexibility index (Phi) is 3.40. The third-order valence-electron chi connectivity index (χ3n) is 1.94. The molecule has 8 heteroatoms. The minimum absolute atomic E-state index is 0.228. The van der Waals surface area contributed by atoms with Crippen molar-refractivity contribution in [2.75, 3.05) is 0 Å². The van der Waals surface area contributed by atoms with E-state index in [1.165, 1.54) is 0 Å². The number of nitrogens with zero attached hydrogens (tertiary/aromatic N) is 2. The minimum atomic E-state index is -3.52. The van der Waals surface area contributed by atoms with Gasteiger partial charge in [0.05, 0.1) is 5.25 Å². The van der Waals surface area contributed by atoms with E-state index < -0.39 is 21.1 Å². The summed E-state index contributed by atoms with van der Waals surface area (Å²) in [6.07, 6.45) is 0.449. The number of sulfone groups is 1. The second-order valence-electron chi connectivity index (χ2n) is 2.94. The Labute approximate surface area is 90.9 Å². The maximum atomic E-state index is 11.7. The molecule has 0 aromatic carbocycles. The Morgan fingerprint density at radius 3 is 2.53 bits per heavy atom. The molecular formula is C7H10N2O4S2. The monoisotopic (exact) mass is 250 g/mol. The summed E-state index contributed by atoms with van der Waals surface area (Å²) in [6, 6.07) is 0. The van der Waals surface area contributed by atoms with Crippen LogP contribution >= 0.6 is 11.3 Å². The van der Waals surface area contributed by atoms with Gasteiger partial charge in [-0.3, -0.25) is 0 Å². The zero-order valence-corrected chi connectivity index (χ0v) is 9.80. The highest BCUT2D eigenvalue weighted by Gasteiger charge is 2.27. The molecule has 0 aliphatic rings. The van der Waals surface area contributed by atoms with Gasteiger partial charge in [-0.05, 0) is 13.3 Å². The zero-order valence-electron chi connectivity index (χ0n) is 8.17. The molecule has 1 atom stereocenters. The second kappa shape index (κ2) is 4.23. The summed E-state index contributed by atoms with van der Waals surface area (Å²) < 4.78 is 23.2. The van der Waals surface area contributed by atoms with Gasteiger partial charge in [0.15, 0.2) is 0 Å². The Balaban J connectivity index is 3.12. The highest BCUT2D eigenvalue weighted by molar-refractivity contribution is 7.93. The number of rotatable bonds is 4. The van der Waals surface area contributed by atoms with Gasteiger partial charge in [0, 0.05) is 0 Å². The first kappa shape index (κ1) is 12.1. The number of aromatic nitrogens is 2. The first-order chi connectivity index (χ1) is 6.89. The van der Waals surface area contributed by atoms with Crippen LogP contribution in [0.2, 0.25) is 0 Å². The average Bonchev–Trinajstić information content (AvgIpc) is 2.65. The summed E-state index contributed by atoms with van der Waals surface area (Å²) in [4.78, 5) is 10.5. The van der Waals surface area contributed by atoms with Crippen molar-refractivity contribution >= 4 is 27.1 Å². The van der Waals surface area contributed by atoms with Gasteiger partial charge in [-0.25, -0.2) is 13.2 Å².